The topological polar surface area (TPSA) is 44.8 Å². The molecule has 1 atom stereocenters. The summed E-state index contributed by atoms with van der Waals surface area (Å²) in [6.45, 7) is 2.37. The molecule has 0 aromatic heterocycles. The van der Waals surface area contributed by atoms with Crippen LogP contribution in [0.2, 0.25) is 0 Å². The van der Waals surface area contributed by atoms with Crippen molar-refractivity contribution in [1.82, 2.24) is 0 Å². The van der Waals surface area contributed by atoms with Gasteiger partial charge >= 0.3 is 6.16 Å². The Bertz CT molecular complexity index is 113. The van der Waals surface area contributed by atoms with Crippen LogP contribution in [-0.2, 0) is 14.2 Å². The first-order valence-electron chi connectivity index (χ1n) is 3.44. The highest BCUT2D eigenvalue weighted by Crippen LogP contribution is 1.98. The monoisotopic (exact) mass is 162 g/mol. The van der Waals surface area contributed by atoms with Gasteiger partial charge in [-0.15, -0.1) is 0 Å². The second-order valence-corrected chi connectivity index (χ2v) is 2.16. The standard InChI is InChI=1S/C7H14O4/c1-6(4-5-9-2)11-7(8)10-3/h6H,4-5H2,1-3H3. The Morgan fingerprint density at radius 1 is 1.45 bits per heavy atom. The number of methoxy groups -OCH3 is 2. The Morgan fingerprint density at radius 3 is 2.55 bits per heavy atom. The molecule has 0 saturated heterocycles. The molecule has 66 valence electrons. The van der Waals surface area contributed by atoms with E-state index >= 15 is 0 Å². The van der Waals surface area contributed by atoms with Crippen LogP contribution in [0.25, 0.3) is 0 Å². The summed E-state index contributed by atoms with van der Waals surface area (Å²) in [4.78, 5) is 10.5. The van der Waals surface area contributed by atoms with Crippen LogP contribution in [0.5, 0.6) is 0 Å². The van der Waals surface area contributed by atoms with E-state index in [9.17, 15) is 4.79 Å². The minimum absolute atomic E-state index is 0.151. The van der Waals surface area contributed by atoms with Crippen molar-refractivity contribution in [1.29, 1.82) is 0 Å². The van der Waals surface area contributed by atoms with Crippen molar-refractivity contribution in [2.45, 2.75) is 19.4 Å². The molecule has 0 heterocycles. The van der Waals surface area contributed by atoms with Gasteiger partial charge in [0.25, 0.3) is 0 Å². The van der Waals surface area contributed by atoms with E-state index in [0.29, 0.717) is 13.0 Å². The first kappa shape index (κ1) is 10.2. The fraction of sp³-hybridized carbons (Fsp3) is 0.857. The van der Waals surface area contributed by atoms with E-state index < -0.39 is 6.16 Å². The van der Waals surface area contributed by atoms with Gasteiger partial charge in [-0.1, -0.05) is 0 Å². The molecule has 0 aliphatic carbocycles. The van der Waals surface area contributed by atoms with Crippen LogP contribution in [0.1, 0.15) is 13.3 Å². The summed E-state index contributed by atoms with van der Waals surface area (Å²) in [6.07, 6.45) is -0.109. The maximum absolute atomic E-state index is 10.5. The van der Waals surface area contributed by atoms with Crippen molar-refractivity contribution in [3.63, 3.8) is 0 Å². The van der Waals surface area contributed by atoms with Crippen molar-refractivity contribution in [2.24, 2.45) is 0 Å². The zero-order valence-electron chi connectivity index (χ0n) is 7.12. The minimum atomic E-state index is -0.645. The molecule has 4 heteroatoms. The average Bonchev–Trinajstić information content (AvgIpc) is 2.00. The molecule has 1 unspecified atom stereocenters. The predicted octanol–water partition coefficient (Wildman–Crippen LogP) is 1.19. The lowest BCUT2D eigenvalue weighted by molar-refractivity contribution is 0.0311. The Hall–Kier alpha value is -0.770. The zero-order valence-corrected chi connectivity index (χ0v) is 7.12. The van der Waals surface area contributed by atoms with Gasteiger partial charge in [0.2, 0.25) is 0 Å². The van der Waals surface area contributed by atoms with E-state index in [1.165, 1.54) is 7.11 Å². The van der Waals surface area contributed by atoms with Gasteiger partial charge < -0.3 is 14.2 Å². The molecular weight excluding hydrogens is 148 g/mol. The summed E-state index contributed by atoms with van der Waals surface area (Å²) in [5, 5.41) is 0. The maximum atomic E-state index is 10.5. The molecule has 0 N–H and O–H groups in total. The fourth-order valence-electron chi connectivity index (χ4n) is 0.555. The highest BCUT2D eigenvalue weighted by atomic mass is 16.7. The lowest BCUT2D eigenvalue weighted by atomic mass is 10.3. The first-order chi connectivity index (χ1) is 5.20. The second-order valence-electron chi connectivity index (χ2n) is 2.16. The highest BCUT2D eigenvalue weighted by molar-refractivity contribution is 5.59. The molecule has 0 fully saturated rings. The van der Waals surface area contributed by atoms with Gasteiger partial charge in [0.05, 0.1) is 7.11 Å². The zero-order chi connectivity index (χ0) is 8.69. The normalized spacial score (nSPS) is 12.3. The third-order valence-corrected chi connectivity index (χ3v) is 1.19. The molecule has 11 heavy (non-hydrogen) atoms. The average molecular weight is 162 g/mol. The smallest absolute Gasteiger partial charge is 0.438 e. The van der Waals surface area contributed by atoms with Gasteiger partial charge in [0.15, 0.2) is 0 Å². The predicted molar refractivity (Wildman–Crippen MR) is 39.4 cm³/mol. The molecule has 0 aromatic rings. The van der Waals surface area contributed by atoms with Crippen LogP contribution in [-0.4, -0.2) is 33.1 Å². The van der Waals surface area contributed by atoms with Crippen molar-refractivity contribution < 1.29 is 19.0 Å². The molecule has 0 aliphatic rings. The molecule has 0 spiro atoms. The minimum Gasteiger partial charge on any atom is -0.438 e. The van der Waals surface area contributed by atoms with Gasteiger partial charge in [-0.25, -0.2) is 4.79 Å². The number of ether oxygens (including phenoxy) is 3. The van der Waals surface area contributed by atoms with Crippen LogP contribution in [0, 0.1) is 0 Å². The fourth-order valence-corrected chi connectivity index (χ4v) is 0.555. The first-order valence-corrected chi connectivity index (χ1v) is 3.44. The summed E-state index contributed by atoms with van der Waals surface area (Å²) in [5.74, 6) is 0. The van der Waals surface area contributed by atoms with Gasteiger partial charge in [0.1, 0.15) is 6.10 Å². The number of carbonyl (C=O) groups is 1. The molecular formula is C7H14O4. The third kappa shape index (κ3) is 5.66. The summed E-state index contributed by atoms with van der Waals surface area (Å²) in [5.41, 5.74) is 0. The second kappa shape index (κ2) is 5.97. The quantitative estimate of drug-likeness (QED) is 0.582. The summed E-state index contributed by atoms with van der Waals surface area (Å²) >= 11 is 0. The van der Waals surface area contributed by atoms with Crippen molar-refractivity contribution >= 4 is 6.16 Å². The van der Waals surface area contributed by atoms with E-state index in [-0.39, 0.29) is 6.10 Å². The Morgan fingerprint density at radius 2 is 2.09 bits per heavy atom. The molecule has 0 aromatic carbocycles. The molecule has 0 amide bonds. The molecule has 0 saturated carbocycles. The van der Waals surface area contributed by atoms with Gasteiger partial charge in [-0.3, -0.25) is 0 Å². The van der Waals surface area contributed by atoms with E-state index in [2.05, 4.69) is 4.74 Å². The van der Waals surface area contributed by atoms with Crippen LogP contribution < -0.4 is 0 Å². The van der Waals surface area contributed by atoms with Crippen molar-refractivity contribution in [3.8, 4) is 0 Å². The highest BCUT2D eigenvalue weighted by Gasteiger charge is 2.07. The van der Waals surface area contributed by atoms with Crippen molar-refractivity contribution in [2.75, 3.05) is 20.8 Å². The molecule has 4 nitrogen and oxygen atoms in total. The summed E-state index contributed by atoms with van der Waals surface area (Å²) in [6, 6.07) is 0. The Kier molecular flexibility index (Phi) is 5.56. The number of hydrogen-bond donors (Lipinski definition) is 0. The van der Waals surface area contributed by atoms with Crippen LogP contribution >= 0.6 is 0 Å². The number of rotatable bonds is 4. The number of carbonyl (C=O) groups excluding carboxylic acids is 1. The van der Waals surface area contributed by atoms with Gasteiger partial charge in [0, 0.05) is 20.1 Å². The van der Waals surface area contributed by atoms with Crippen LogP contribution in [0.3, 0.4) is 0 Å². The lowest BCUT2D eigenvalue weighted by Crippen LogP contribution is -2.16. The van der Waals surface area contributed by atoms with Gasteiger partial charge in [-0.2, -0.15) is 0 Å². The molecule has 0 bridgehead atoms. The molecule has 0 rings (SSSR count). The Balaban J connectivity index is 3.35. The summed E-state index contributed by atoms with van der Waals surface area (Å²) < 4.78 is 13.9. The van der Waals surface area contributed by atoms with Crippen LogP contribution in [0.15, 0.2) is 0 Å². The third-order valence-electron chi connectivity index (χ3n) is 1.19. The largest absolute Gasteiger partial charge is 0.508 e. The van der Waals surface area contributed by atoms with E-state index in [0.717, 1.165) is 0 Å². The molecule has 0 aliphatic heterocycles. The van der Waals surface area contributed by atoms with E-state index in [1.54, 1.807) is 14.0 Å². The van der Waals surface area contributed by atoms with Crippen molar-refractivity contribution in [3.05, 3.63) is 0 Å². The Labute approximate surface area is 66.4 Å². The molecule has 0 radical (unpaired) electrons. The van der Waals surface area contributed by atoms with E-state index in [4.69, 9.17) is 9.47 Å². The SMILES string of the molecule is COCCC(C)OC(=O)OC. The number of hydrogen-bond acceptors (Lipinski definition) is 4. The van der Waals surface area contributed by atoms with Crippen LogP contribution in [0.4, 0.5) is 4.79 Å². The van der Waals surface area contributed by atoms with E-state index in [1.807, 2.05) is 0 Å². The van der Waals surface area contributed by atoms with Gasteiger partial charge in [-0.05, 0) is 6.92 Å². The maximum Gasteiger partial charge on any atom is 0.508 e. The summed E-state index contributed by atoms with van der Waals surface area (Å²) in [7, 11) is 2.89. The lowest BCUT2D eigenvalue weighted by Gasteiger charge is -2.10.